The summed E-state index contributed by atoms with van der Waals surface area (Å²) >= 11 is 1.16. The molecule has 1 amide bonds. The number of nitrogens with zero attached hydrogens (tertiary/aromatic N) is 2. The molecule has 0 bridgehead atoms. The summed E-state index contributed by atoms with van der Waals surface area (Å²) in [5.74, 6) is -0.585. The molecule has 1 aliphatic rings. The average Bonchev–Trinajstić information content (AvgIpc) is 2.28. The van der Waals surface area contributed by atoms with E-state index in [1.165, 1.54) is 0 Å². The Balaban J connectivity index is 2.28. The number of rotatable bonds is 5. The lowest BCUT2D eigenvalue weighted by atomic mass is 10.0. The Labute approximate surface area is 106 Å². The quantitative estimate of drug-likeness (QED) is 0.773. The minimum absolute atomic E-state index is 0.00696. The predicted molar refractivity (Wildman–Crippen MR) is 68.2 cm³/mol. The molecule has 17 heavy (non-hydrogen) atoms. The molecule has 1 fully saturated rings. The van der Waals surface area contributed by atoms with Gasteiger partial charge in [-0.15, -0.1) is 11.8 Å². The van der Waals surface area contributed by atoms with Crippen LogP contribution in [-0.4, -0.2) is 71.5 Å². The van der Waals surface area contributed by atoms with Gasteiger partial charge in [0, 0.05) is 13.1 Å². The van der Waals surface area contributed by atoms with Crippen LogP contribution in [0.1, 0.15) is 12.8 Å². The third kappa shape index (κ3) is 4.95. The van der Waals surface area contributed by atoms with Crippen molar-refractivity contribution in [2.75, 3.05) is 38.7 Å². The lowest BCUT2D eigenvalue weighted by Gasteiger charge is -2.35. The first-order chi connectivity index (χ1) is 8.00. The number of carbonyl (C=O) groups excluding carboxylic acids is 1. The van der Waals surface area contributed by atoms with Gasteiger partial charge < -0.3 is 14.9 Å². The molecule has 0 atom stereocenters. The third-order valence-corrected chi connectivity index (χ3v) is 3.98. The van der Waals surface area contributed by atoms with Crippen LogP contribution in [0.15, 0.2) is 0 Å². The van der Waals surface area contributed by atoms with Crippen molar-refractivity contribution in [3.05, 3.63) is 0 Å². The second-order valence-corrected chi connectivity index (χ2v) is 5.41. The van der Waals surface area contributed by atoms with Crippen molar-refractivity contribution in [3.63, 3.8) is 0 Å². The number of hydrogen-bond acceptors (Lipinski definition) is 4. The smallest absolute Gasteiger partial charge is 0.313 e. The molecule has 0 radical (unpaired) electrons. The first kappa shape index (κ1) is 14.3. The summed E-state index contributed by atoms with van der Waals surface area (Å²) in [6.45, 7) is 2.04. The Hall–Kier alpha value is -0.750. The first-order valence-corrected chi connectivity index (χ1v) is 6.90. The molecule has 1 heterocycles. The Morgan fingerprint density at radius 3 is 2.47 bits per heavy atom. The van der Waals surface area contributed by atoms with Crippen LogP contribution in [0.25, 0.3) is 0 Å². The van der Waals surface area contributed by atoms with E-state index in [0.717, 1.165) is 37.7 Å². The molecule has 1 saturated heterocycles. The molecule has 0 aromatic heterocycles. The average molecular weight is 260 g/mol. The number of likely N-dealkylation sites (tertiary alicyclic amines) is 1. The zero-order valence-corrected chi connectivity index (χ0v) is 11.2. The largest absolute Gasteiger partial charge is 0.481 e. The highest BCUT2D eigenvalue weighted by Gasteiger charge is 2.23. The summed E-state index contributed by atoms with van der Waals surface area (Å²) < 4.78 is 0. The molecule has 5 nitrogen and oxygen atoms in total. The summed E-state index contributed by atoms with van der Waals surface area (Å²) in [7, 11) is 3.90. The van der Waals surface area contributed by atoms with Gasteiger partial charge in [0.2, 0.25) is 5.91 Å². The van der Waals surface area contributed by atoms with E-state index in [1.807, 2.05) is 7.05 Å². The maximum atomic E-state index is 11.8. The molecule has 1 rings (SSSR count). The molecule has 0 aliphatic carbocycles. The fourth-order valence-corrected chi connectivity index (χ4v) is 2.57. The minimum atomic E-state index is -0.871. The molecule has 0 aromatic carbocycles. The number of hydrogen-bond donors (Lipinski definition) is 1. The Kier molecular flexibility index (Phi) is 5.77. The summed E-state index contributed by atoms with van der Waals surface area (Å²) in [4.78, 5) is 26.2. The second kappa shape index (κ2) is 6.86. The van der Waals surface area contributed by atoms with Crippen LogP contribution >= 0.6 is 11.8 Å². The summed E-state index contributed by atoms with van der Waals surface area (Å²) in [6.07, 6.45) is 2.00. The Bertz CT molecular complexity index is 278. The number of carboxylic acid groups (broad SMARTS) is 1. The molecule has 1 N–H and O–H groups in total. The van der Waals surface area contributed by atoms with Gasteiger partial charge in [0.25, 0.3) is 0 Å². The molecule has 98 valence electrons. The van der Waals surface area contributed by atoms with Gasteiger partial charge in [-0.2, -0.15) is 0 Å². The van der Waals surface area contributed by atoms with Gasteiger partial charge in [-0.25, -0.2) is 0 Å². The number of amides is 1. The highest BCUT2D eigenvalue weighted by Crippen LogP contribution is 2.15. The van der Waals surface area contributed by atoms with E-state index in [2.05, 4.69) is 11.9 Å². The van der Waals surface area contributed by atoms with Crippen molar-refractivity contribution < 1.29 is 14.7 Å². The van der Waals surface area contributed by atoms with E-state index < -0.39 is 5.97 Å². The molecule has 0 aromatic rings. The van der Waals surface area contributed by atoms with Crippen molar-refractivity contribution in [2.45, 2.75) is 18.9 Å². The summed E-state index contributed by atoms with van der Waals surface area (Å²) in [5, 5.41) is 8.49. The van der Waals surface area contributed by atoms with Crippen LogP contribution in [0, 0.1) is 0 Å². The summed E-state index contributed by atoms with van der Waals surface area (Å²) in [6, 6.07) is 0.309. The van der Waals surface area contributed by atoms with Crippen molar-refractivity contribution in [2.24, 2.45) is 0 Å². The van der Waals surface area contributed by atoms with Crippen LogP contribution in [0.5, 0.6) is 0 Å². The van der Waals surface area contributed by atoms with Gasteiger partial charge in [-0.1, -0.05) is 0 Å². The lowest BCUT2D eigenvalue weighted by molar-refractivity contribution is -0.133. The number of carboxylic acids is 1. The number of carbonyl (C=O) groups is 2. The second-order valence-electron chi connectivity index (χ2n) is 4.43. The maximum absolute atomic E-state index is 11.8. The topological polar surface area (TPSA) is 60.9 Å². The Morgan fingerprint density at radius 2 is 1.94 bits per heavy atom. The number of thioether (sulfide) groups is 1. The zero-order valence-electron chi connectivity index (χ0n) is 10.4. The first-order valence-electron chi connectivity index (χ1n) is 5.74. The third-order valence-electron chi connectivity index (χ3n) is 3.08. The van der Waals surface area contributed by atoms with E-state index in [4.69, 9.17) is 5.11 Å². The van der Waals surface area contributed by atoms with Gasteiger partial charge in [0.1, 0.15) is 0 Å². The van der Waals surface area contributed by atoms with Crippen molar-refractivity contribution in [3.8, 4) is 0 Å². The zero-order chi connectivity index (χ0) is 12.8. The molecule has 0 unspecified atom stereocenters. The van der Waals surface area contributed by atoms with Gasteiger partial charge in [0.05, 0.1) is 11.5 Å². The fourth-order valence-electron chi connectivity index (χ4n) is 1.91. The molecular formula is C11H20N2O3S. The van der Waals surface area contributed by atoms with Gasteiger partial charge >= 0.3 is 5.97 Å². The van der Waals surface area contributed by atoms with E-state index in [-0.39, 0.29) is 17.4 Å². The van der Waals surface area contributed by atoms with Crippen LogP contribution in [0.3, 0.4) is 0 Å². The van der Waals surface area contributed by atoms with Gasteiger partial charge in [-0.3, -0.25) is 9.59 Å². The molecule has 0 spiro atoms. The highest BCUT2D eigenvalue weighted by atomic mass is 32.2. The number of piperidine rings is 1. The van der Waals surface area contributed by atoms with Gasteiger partial charge in [0.15, 0.2) is 0 Å². The molecule has 6 heteroatoms. The van der Waals surface area contributed by atoms with Crippen LogP contribution in [0.4, 0.5) is 0 Å². The summed E-state index contributed by atoms with van der Waals surface area (Å²) in [5.41, 5.74) is 0. The van der Waals surface area contributed by atoms with Crippen LogP contribution < -0.4 is 0 Å². The van der Waals surface area contributed by atoms with Crippen molar-refractivity contribution in [1.82, 2.24) is 9.80 Å². The van der Waals surface area contributed by atoms with E-state index in [0.29, 0.717) is 6.04 Å². The maximum Gasteiger partial charge on any atom is 0.313 e. The number of aliphatic carboxylic acids is 1. The SMILES string of the molecule is CN1CCC(N(C)C(=O)CSCC(=O)O)CC1. The lowest BCUT2D eigenvalue weighted by Crippen LogP contribution is -2.45. The normalized spacial score (nSPS) is 18.0. The Morgan fingerprint density at radius 1 is 1.35 bits per heavy atom. The van der Waals surface area contributed by atoms with Crippen LogP contribution in [-0.2, 0) is 9.59 Å². The molecule has 0 saturated carbocycles. The predicted octanol–water partition coefficient (Wildman–Crippen LogP) is 0.357. The van der Waals surface area contributed by atoms with E-state index in [1.54, 1.807) is 4.90 Å². The highest BCUT2D eigenvalue weighted by molar-refractivity contribution is 8.00. The van der Waals surface area contributed by atoms with Gasteiger partial charge in [-0.05, 0) is 33.0 Å². The monoisotopic (exact) mass is 260 g/mol. The van der Waals surface area contributed by atoms with E-state index in [9.17, 15) is 9.59 Å². The fraction of sp³-hybridized carbons (Fsp3) is 0.818. The van der Waals surface area contributed by atoms with Crippen molar-refractivity contribution >= 4 is 23.6 Å². The standard InChI is InChI=1S/C11H20N2O3S/c1-12-5-3-9(4-6-12)13(2)10(14)7-17-8-11(15)16/h9H,3-8H2,1-2H3,(H,15,16). The minimum Gasteiger partial charge on any atom is -0.481 e. The molecule has 1 aliphatic heterocycles. The van der Waals surface area contributed by atoms with Crippen LogP contribution in [0.2, 0.25) is 0 Å². The molecular weight excluding hydrogens is 240 g/mol. The van der Waals surface area contributed by atoms with E-state index >= 15 is 0 Å². The van der Waals surface area contributed by atoms with Crippen molar-refractivity contribution in [1.29, 1.82) is 0 Å².